The summed E-state index contributed by atoms with van der Waals surface area (Å²) >= 11 is 0. The van der Waals surface area contributed by atoms with Crippen LogP contribution in [0.5, 0.6) is 0 Å². The molecule has 1 atom stereocenters. The molecule has 0 saturated carbocycles. The molecule has 2 amide bonds. The Labute approximate surface area is 134 Å². The summed E-state index contributed by atoms with van der Waals surface area (Å²) in [5.41, 5.74) is 1.13. The van der Waals surface area contributed by atoms with Crippen LogP contribution in [0.3, 0.4) is 0 Å². The SMILES string of the molecule is CCCNC(=O)CCNC(=O)C1CC(c2cccc(F)c2)=NO1. The van der Waals surface area contributed by atoms with Crippen molar-refractivity contribution in [2.24, 2.45) is 5.16 Å². The maximum atomic E-state index is 13.2. The Morgan fingerprint density at radius 1 is 1.35 bits per heavy atom. The van der Waals surface area contributed by atoms with E-state index < -0.39 is 6.10 Å². The first-order chi connectivity index (χ1) is 11.1. The second-order valence-electron chi connectivity index (χ2n) is 5.24. The van der Waals surface area contributed by atoms with Gasteiger partial charge in [-0.1, -0.05) is 24.2 Å². The number of carbonyl (C=O) groups excluding carboxylic acids is 2. The zero-order valence-corrected chi connectivity index (χ0v) is 13.0. The number of oxime groups is 1. The Balaban J connectivity index is 1.75. The van der Waals surface area contributed by atoms with E-state index in [4.69, 9.17) is 4.84 Å². The quantitative estimate of drug-likeness (QED) is 0.795. The highest BCUT2D eigenvalue weighted by molar-refractivity contribution is 6.04. The fraction of sp³-hybridized carbons (Fsp3) is 0.438. The standard InChI is InChI=1S/C16H20FN3O3/c1-2-7-18-15(21)6-8-19-16(22)14-10-13(20-23-14)11-4-3-5-12(17)9-11/h3-5,9,14H,2,6-8,10H2,1H3,(H,18,21)(H,19,22). The molecule has 1 aliphatic rings. The first-order valence-corrected chi connectivity index (χ1v) is 7.63. The zero-order chi connectivity index (χ0) is 16.7. The van der Waals surface area contributed by atoms with Crippen molar-refractivity contribution in [3.8, 4) is 0 Å². The Kier molecular flexibility index (Phi) is 6.08. The Morgan fingerprint density at radius 3 is 2.91 bits per heavy atom. The molecule has 0 fully saturated rings. The molecule has 2 rings (SSSR count). The van der Waals surface area contributed by atoms with Crippen LogP contribution in [0.4, 0.5) is 4.39 Å². The van der Waals surface area contributed by atoms with Crippen LogP contribution >= 0.6 is 0 Å². The molecule has 0 bridgehead atoms. The van der Waals surface area contributed by atoms with E-state index in [1.807, 2.05) is 6.92 Å². The largest absolute Gasteiger partial charge is 0.382 e. The molecule has 1 aromatic carbocycles. The van der Waals surface area contributed by atoms with Crippen molar-refractivity contribution < 1.29 is 18.8 Å². The first-order valence-electron chi connectivity index (χ1n) is 7.63. The highest BCUT2D eigenvalue weighted by Gasteiger charge is 2.28. The van der Waals surface area contributed by atoms with Gasteiger partial charge in [0.2, 0.25) is 12.0 Å². The van der Waals surface area contributed by atoms with E-state index >= 15 is 0 Å². The molecule has 0 spiro atoms. The summed E-state index contributed by atoms with van der Waals surface area (Å²) in [5.74, 6) is -0.796. The van der Waals surface area contributed by atoms with Gasteiger partial charge in [-0.25, -0.2) is 4.39 Å². The molecule has 0 saturated heterocycles. The fourth-order valence-corrected chi connectivity index (χ4v) is 2.12. The van der Waals surface area contributed by atoms with Gasteiger partial charge in [-0.15, -0.1) is 0 Å². The maximum Gasteiger partial charge on any atom is 0.264 e. The van der Waals surface area contributed by atoms with Crippen molar-refractivity contribution in [2.45, 2.75) is 32.3 Å². The van der Waals surface area contributed by atoms with Gasteiger partial charge in [-0.2, -0.15) is 0 Å². The van der Waals surface area contributed by atoms with Crippen LogP contribution in [-0.2, 0) is 14.4 Å². The van der Waals surface area contributed by atoms with Gasteiger partial charge < -0.3 is 15.5 Å². The highest BCUT2D eigenvalue weighted by atomic mass is 19.1. The molecule has 23 heavy (non-hydrogen) atoms. The number of rotatable bonds is 7. The number of benzene rings is 1. The first kappa shape index (κ1) is 16.9. The van der Waals surface area contributed by atoms with E-state index in [1.165, 1.54) is 12.1 Å². The molecule has 6 nitrogen and oxygen atoms in total. The van der Waals surface area contributed by atoms with Crippen LogP contribution in [-0.4, -0.2) is 36.7 Å². The third-order valence-corrected chi connectivity index (χ3v) is 3.34. The number of hydrogen-bond donors (Lipinski definition) is 2. The number of hydrogen-bond acceptors (Lipinski definition) is 4. The number of carbonyl (C=O) groups is 2. The average molecular weight is 321 g/mol. The normalized spacial score (nSPS) is 16.4. The molecule has 0 aliphatic carbocycles. The molecule has 1 unspecified atom stereocenters. The minimum absolute atomic E-state index is 0.101. The summed E-state index contributed by atoms with van der Waals surface area (Å²) < 4.78 is 13.2. The lowest BCUT2D eigenvalue weighted by atomic mass is 10.0. The molecule has 1 aromatic rings. The summed E-state index contributed by atoms with van der Waals surface area (Å²) in [7, 11) is 0. The van der Waals surface area contributed by atoms with Gasteiger partial charge in [0.05, 0.1) is 5.71 Å². The van der Waals surface area contributed by atoms with E-state index in [0.29, 0.717) is 17.8 Å². The molecule has 1 heterocycles. The number of amides is 2. The minimum Gasteiger partial charge on any atom is -0.382 e. The Hall–Kier alpha value is -2.44. The topological polar surface area (TPSA) is 79.8 Å². The van der Waals surface area contributed by atoms with Crippen molar-refractivity contribution in [2.75, 3.05) is 13.1 Å². The van der Waals surface area contributed by atoms with Crippen molar-refractivity contribution in [3.05, 3.63) is 35.6 Å². The summed E-state index contributed by atoms with van der Waals surface area (Å²) in [6.45, 7) is 2.84. The third kappa shape index (κ3) is 5.05. The van der Waals surface area contributed by atoms with Crippen molar-refractivity contribution in [3.63, 3.8) is 0 Å². The van der Waals surface area contributed by atoms with Crippen LogP contribution in [0.15, 0.2) is 29.4 Å². The summed E-state index contributed by atoms with van der Waals surface area (Å²) in [6.07, 6.45) is 0.619. The predicted molar refractivity (Wildman–Crippen MR) is 83.4 cm³/mol. The third-order valence-electron chi connectivity index (χ3n) is 3.34. The summed E-state index contributed by atoms with van der Waals surface area (Å²) in [4.78, 5) is 28.5. The van der Waals surface area contributed by atoms with E-state index in [-0.39, 0.29) is 37.0 Å². The van der Waals surface area contributed by atoms with Crippen LogP contribution in [0.1, 0.15) is 31.7 Å². The monoisotopic (exact) mass is 321 g/mol. The Bertz CT molecular complexity index is 604. The maximum absolute atomic E-state index is 13.2. The van der Waals surface area contributed by atoms with Gasteiger partial charge in [0.1, 0.15) is 5.82 Å². The second kappa shape index (κ2) is 8.26. The lowest BCUT2D eigenvalue weighted by Crippen LogP contribution is -2.37. The van der Waals surface area contributed by atoms with Crippen LogP contribution in [0.25, 0.3) is 0 Å². The van der Waals surface area contributed by atoms with Crippen molar-refractivity contribution in [1.29, 1.82) is 0 Å². The number of halogens is 1. The van der Waals surface area contributed by atoms with Gasteiger partial charge in [-0.3, -0.25) is 9.59 Å². The zero-order valence-electron chi connectivity index (χ0n) is 13.0. The molecular weight excluding hydrogens is 301 g/mol. The fourth-order valence-electron chi connectivity index (χ4n) is 2.12. The Morgan fingerprint density at radius 2 is 2.17 bits per heavy atom. The number of nitrogens with one attached hydrogen (secondary N) is 2. The van der Waals surface area contributed by atoms with E-state index in [1.54, 1.807) is 12.1 Å². The highest BCUT2D eigenvalue weighted by Crippen LogP contribution is 2.17. The second-order valence-corrected chi connectivity index (χ2v) is 5.24. The minimum atomic E-state index is -0.744. The van der Waals surface area contributed by atoms with E-state index in [2.05, 4.69) is 15.8 Å². The van der Waals surface area contributed by atoms with Crippen molar-refractivity contribution in [1.82, 2.24) is 10.6 Å². The molecule has 124 valence electrons. The van der Waals surface area contributed by atoms with E-state index in [0.717, 1.165) is 6.42 Å². The molecular formula is C16H20FN3O3. The predicted octanol–water partition coefficient (Wildman–Crippen LogP) is 1.35. The average Bonchev–Trinajstić information content (AvgIpc) is 3.03. The summed E-state index contributed by atoms with van der Waals surface area (Å²) in [6, 6.07) is 5.98. The molecule has 7 heteroatoms. The van der Waals surface area contributed by atoms with Crippen LogP contribution in [0, 0.1) is 5.82 Å². The molecule has 0 radical (unpaired) electrons. The molecule has 2 N–H and O–H groups in total. The van der Waals surface area contributed by atoms with Gasteiger partial charge >= 0.3 is 0 Å². The lowest BCUT2D eigenvalue weighted by molar-refractivity contribution is -0.131. The molecule has 1 aliphatic heterocycles. The van der Waals surface area contributed by atoms with Gasteiger partial charge in [-0.05, 0) is 18.6 Å². The smallest absolute Gasteiger partial charge is 0.264 e. The van der Waals surface area contributed by atoms with Crippen LogP contribution in [0.2, 0.25) is 0 Å². The lowest BCUT2D eigenvalue weighted by Gasteiger charge is -2.09. The van der Waals surface area contributed by atoms with Gasteiger partial charge in [0, 0.05) is 31.5 Å². The van der Waals surface area contributed by atoms with Gasteiger partial charge in [0.15, 0.2) is 0 Å². The number of nitrogens with zero attached hydrogens (tertiary/aromatic N) is 1. The summed E-state index contributed by atoms with van der Waals surface area (Å²) in [5, 5.41) is 9.22. The van der Waals surface area contributed by atoms with Crippen molar-refractivity contribution >= 4 is 17.5 Å². The molecule has 0 aromatic heterocycles. The van der Waals surface area contributed by atoms with E-state index in [9.17, 15) is 14.0 Å². The van der Waals surface area contributed by atoms with Gasteiger partial charge in [0.25, 0.3) is 5.91 Å². The van der Waals surface area contributed by atoms with Crippen LogP contribution < -0.4 is 10.6 Å².